The van der Waals surface area contributed by atoms with E-state index in [4.69, 9.17) is 5.11 Å². The summed E-state index contributed by atoms with van der Waals surface area (Å²) in [5, 5.41) is 8.86. The average molecular weight is 200 g/mol. The van der Waals surface area contributed by atoms with Gasteiger partial charge in [0.2, 0.25) is 0 Å². The number of benzene rings is 1. The van der Waals surface area contributed by atoms with Gasteiger partial charge in [0, 0.05) is 0 Å². The number of rotatable bonds is 1. The first-order valence-corrected chi connectivity index (χ1v) is 3.11. The van der Waals surface area contributed by atoms with E-state index < -0.39 is 5.97 Å². The molecule has 0 fully saturated rings. The number of carbonyl (C=O) groups is 1. The molecule has 0 aliphatic rings. The molecule has 1 rings (SSSR count). The molecular formula is C8H10Na2O3. The van der Waals surface area contributed by atoms with Gasteiger partial charge in [-0.25, -0.2) is 4.79 Å². The fourth-order valence-electron chi connectivity index (χ4n) is 0.715. The summed E-state index contributed by atoms with van der Waals surface area (Å²) in [5.74, 6) is -0.261. The van der Waals surface area contributed by atoms with E-state index in [9.17, 15) is 4.79 Å². The summed E-state index contributed by atoms with van der Waals surface area (Å²) in [6, 6.07) is 5.88. The SMILES string of the molecule is COC(=O)c1ccc(O)cc1.[H-].[H-].[Na+].[Na+]. The van der Waals surface area contributed by atoms with Crippen molar-refractivity contribution in [1.82, 2.24) is 0 Å². The zero-order chi connectivity index (χ0) is 8.27. The van der Waals surface area contributed by atoms with Crippen molar-refractivity contribution < 1.29 is 76.6 Å². The molecule has 0 heterocycles. The van der Waals surface area contributed by atoms with Gasteiger partial charge >= 0.3 is 65.1 Å². The summed E-state index contributed by atoms with van der Waals surface area (Å²) in [5.41, 5.74) is 0.435. The van der Waals surface area contributed by atoms with Gasteiger partial charge in [-0.15, -0.1) is 0 Å². The predicted molar refractivity (Wildman–Crippen MR) is 41.7 cm³/mol. The first-order valence-electron chi connectivity index (χ1n) is 3.11. The van der Waals surface area contributed by atoms with Gasteiger partial charge < -0.3 is 12.7 Å². The van der Waals surface area contributed by atoms with Crippen LogP contribution in [0.1, 0.15) is 13.2 Å². The Balaban J connectivity index is -0.000000151. The topological polar surface area (TPSA) is 46.5 Å². The Morgan fingerprint density at radius 2 is 1.77 bits per heavy atom. The van der Waals surface area contributed by atoms with Crippen molar-refractivity contribution in [3.8, 4) is 5.75 Å². The van der Waals surface area contributed by atoms with Crippen LogP contribution in [0.15, 0.2) is 24.3 Å². The molecule has 0 amide bonds. The Kier molecular flexibility index (Phi) is 9.63. The molecule has 5 heteroatoms. The van der Waals surface area contributed by atoms with E-state index in [-0.39, 0.29) is 67.7 Å². The van der Waals surface area contributed by atoms with Crippen molar-refractivity contribution in [1.29, 1.82) is 0 Å². The van der Waals surface area contributed by atoms with E-state index >= 15 is 0 Å². The van der Waals surface area contributed by atoms with E-state index in [0.717, 1.165) is 0 Å². The quantitative estimate of drug-likeness (QED) is 0.366. The van der Waals surface area contributed by atoms with Gasteiger partial charge in [0.05, 0.1) is 12.7 Å². The molecule has 3 nitrogen and oxygen atoms in total. The Hall–Kier alpha value is 0.490. The number of carbonyl (C=O) groups excluding carboxylic acids is 1. The minimum absolute atomic E-state index is 0. The molecule has 0 spiro atoms. The van der Waals surface area contributed by atoms with Gasteiger partial charge in [-0.1, -0.05) is 0 Å². The molecule has 1 N–H and O–H groups in total. The van der Waals surface area contributed by atoms with Gasteiger partial charge in [-0.3, -0.25) is 0 Å². The standard InChI is InChI=1S/C8H8O3.2Na.2H/c1-11-8(10)6-2-4-7(9)5-3-6;;;;/h2-5,9H,1H3;;;;/q;2*+1;2*-1. The Morgan fingerprint density at radius 3 is 2.15 bits per heavy atom. The fraction of sp³-hybridized carbons (Fsp3) is 0.125. The number of phenols is 1. The van der Waals surface area contributed by atoms with Gasteiger partial charge in [-0.05, 0) is 24.3 Å². The van der Waals surface area contributed by atoms with Gasteiger partial charge in [0.15, 0.2) is 0 Å². The van der Waals surface area contributed by atoms with E-state index in [2.05, 4.69) is 4.74 Å². The van der Waals surface area contributed by atoms with Crippen LogP contribution in [0.4, 0.5) is 0 Å². The molecule has 0 atom stereocenters. The van der Waals surface area contributed by atoms with Crippen LogP contribution in [0.25, 0.3) is 0 Å². The summed E-state index contributed by atoms with van der Waals surface area (Å²) in [7, 11) is 1.31. The molecule has 0 bridgehead atoms. The van der Waals surface area contributed by atoms with Crippen LogP contribution >= 0.6 is 0 Å². The van der Waals surface area contributed by atoms with Crippen LogP contribution in [-0.2, 0) is 4.74 Å². The summed E-state index contributed by atoms with van der Waals surface area (Å²) >= 11 is 0. The van der Waals surface area contributed by atoms with Crippen LogP contribution in [0.5, 0.6) is 5.75 Å². The zero-order valence-corrected chi connectivity index (χ0v) is 12.1. The van der Waals surface area contributed by atoms with Gasteiger partial charge in [0.25, 0.3) is 0 Å². The number of esters is 1. The molecule has 62 valence electrons. The van der Waals surface area contributed by atoms with Crippen molar-refractivity contribution in [3.05, 3.63) is 29.8 Å². The molecule has 0 aromatic heterocycles. The number of phenolic OH excluding ortho intramolecular Hbond substituents is 1. The van der Waals surface area contributed by atoms with E-state index in [0.29, 0.717) is 5.56 Å². The molecular weight excluding hydrogens is 190 g/mol. The van der Waals surface area contributed by atoms with Crippen LogP contribution in [-0.4, -0.2) is 18.2 Å². The largest absolute Gasteiger partial charge is 1.00 e. The van der Waals surface area contributed by atoms with Crippen LogP contribution < -0.4 is 59.1 Å². The van der Waals surface area contributed by atoms with Crippen LogP contribution in [0.3, 0.4) is 0 Å². The van der Waals surface area contributed by atoms with Crippen LogP contribution in [0, 0.1) is 0 Å². The molecule has 1 aromatic rings. The van der Waals surface area contributed by atoms with Crippen LogP contribution in [0.2, 0.25) is 0 Å². The summed E-state index contributed by atoms with van der Waals surface area (Å²) in [4.78, 5) is 10.8. The maximum atomic E-state index is 10.8. The molecule has 0 radical (unpaired) electrons. The molecule has 13 heavy (non-hydrogen) atoms. The fourth-order valence-corrected chi connectivity index (χ4v) is 0.715. The third-order valence-corrected chi connectivity index (χ3v) is 1.29. The third kappa shape index (κ3) is 5.05. The number of aromatic hydroxyl groups is 1. The van der Waals surface area contributed by atoms with Crippen molar-refractivity contribution >= 4 is 5.97 Å². The third-order valence-electron chi connectivity index (χ3n) is 1.29. The maximum Gasteiger partial charge on any atom is 1.00 e. The first kappa shape index (κ1) is 15.9. The normalized spacial score (nSPS) is 7.77. The molecule has 0 aliphatic carbocycles. The van der Waals surface area contributed by atoms with Crippen molar-refractivity contribution in [2.45, 2.75) is 0 Å². The molecule has 0 unspecified atom stereocenters. The monoisotopic (exact) mass is 200 g/mol. The second-order valence-electron chi connectivity index (χ2n) is 2.04. The van der Waals surface area contributed by atoms with Crippen molar-refractivity contribution in [2.75, 3.05) is 7.11 Å². The summed E-state index contributed by atoms with van der Waals surface area (Å²) in [6.45, 7) is 0. The van der Waals surface area contributed by atoms with E-state index in [1.165, 1.54) is 31.4 Å². The summed E-state index contributed by atoms with van der Waals surface area (Å²) in [6.07, 6.45) is 0. The van der Waals surface area contributed by atoms with E-state index in [1.54, 1.807) is 0 Å². The van der Waals surface area contributed by atoms with Gasteiger partial charge in [0.1, 0.15) is 5.75 Å². The summed E-state index contributed by atoms with van der Waals surface area (Å²) < 4.78 is 4.46. The van der Waals surface area contributed by atoms with Gasteiger partial charge in [-0.2, -0.15) is 0 Å². The molecule has 0 saturated heterocycles. The number of ether oxygens (including phenoxy) is 1. The maximum absolute atomic E-state index is 10.8. The second-order valence-corrected chi connectivity index (χ2v) is 2.04. The zero-order valence-electron chi connectivity index (χ0n) is 10.1. The second kappa shape index (κ2) is 7.85. The molecule has 0 saturated carbocycles. The molecule has 0 aliphatic heterocycles. The smallest absolute Gasteiger partial charge is 1.00 e. The number of hydrogen-bond donors (Lipinski definition) is 1. The number of hydrogen-bond acceptors (Lipinski definition) is 3. The predicted octanol–water partition coefficient (Wildman–Crippen LogP) is -4.59. The van der Waals surface area contributed by atoms with Crippen molar-refractivity contribution in [2.24, 2.45) is 0 Å². The Bertz CT molecular complexity index is 267. The Morgan fingerprint density at radius 1 is 1.31 bits per heavy atom. The number of methoxy groups -OCH3 is 1. The van der Waals surface area contributed by atoms with E-state index in [1.807, 2.05) is 0 Å². The first-order chi connectivity index (χ1) is 5.24. The minimum atomic E-state index is -0.398. The Labute approximate surface area is 124 Å². The minimum Gasteiger partial charge on any atom is -1.00 e. The molecule has 1 aromatic carbocycles. The van der Waals surface area contributed by atoms with Crippen molar-refractivity contribution in [3.63, 3.8) is 0 Å². The average Bonchev–Trinajstić information content (AvgIpc) is 2.05.